The van der Waals surface area contributed by atoms with E-state index in [0.717, 1.165) is 18.1 Å². The molecule has 0 N–H and O–H groups in total. The highest BCUT2D eigenvalue weighted by Crippen LogP contribution is 2.11. The molecule has 100 valence electrons. The third kappa shape index (κ3) is 3.95. The molecule has 0 atom stereocenters. The van der Waals surface area contributed by atoms with Gasteiger partial charge in [0, 0.05) is 18.1 Å². The summed E-state index contributed by atoms with van der Waals surface area (Å²) >= 11 is 0. The molecule has 0 fully saturated rings. The number of halogens is 3. The van der Waals surface area contributed by atoms with Gasteiger partial charge in [-0.05, 0) is 0 Å². The molecule has 1 heterocycles. The van der Waals surface area contributed by atoms with Crippen molar-refractivity contribution in [3.05, 3.63) is 12.2 Å². The Morgan fingerprint density at radius 2 is 1.74 bits per heavy atom. The number of rotatable bonds is 1. The maximum atomic E-state index is 11.6. The first kappa shape index (κ1) is 14.4. The van der Waals surface area contributed by atoms with E-state index in [4.69, 9.17) is 0 Å². The standard InChI is InChI=1S/C10H4F3NO5/c11-10(12,13)4-1-5-19-9(18)8(17)14-6(15)2-3-7(14)16/h2-3H,5H2. The van der Waals surface area contributed by atoms with Crippen LogP contribution in [0.1, 0.15) is 0 Å². The number of esters is 1. The van der Waals surface area contributed by atoms with Gasteiger partial charge in [0.1, 0.15) is 0 Å². The molecule has 1 aliphatic heterocycles. The van der Waals surface area contributed by atoms with E-state index in [2.05, 4.69) is 4.74 Å². The zero-order chi connectivity index (χ0) is 14.6. The number of carbonyl (C=O) groups is 4. The van der Waals surface area contributed by atoms with Crippen LogP contribution in [0.15, 0.2) is 12.2 Å². The summed E-state index contributed by atoms with van der Waals surface area (Å²) in [6.45, 7) is -0.992. The summed E-state index contributed by atoms with van der Waals surface area (Å²) in [6, 6.07) is 0. The molecular weight excluding hydrogens is 271 g/mol. The third-order valence-corrected chi connectivity index (χ3v) is 1.69. The molecule has 0 aromatic heterocycles. The summed E-state index contributed by atoms with van der Waals surface area (Å²) in [5.41, 5.74) is 0. The maximum Gasteiger partial charge on any atom is 0.457 e. The third-order valence-electron chi connectivity index (χ3n) is 1.69. The predicted octanol–water partition coefficient (Wildman–Crippen LogP) is -0.453. The molecule has 0 aromatic rings. The lowest BCUT2D eigenvalue weighted by Gasteiger charge is -2.09. The van der Waals surface area contributed by atoms with Crippen LogP contribution in [0.5, 0.6) is 0 Å². The monoisotopic (exact) mass is 275 g/mol. The van der Waals surface area contributed by atoms with Gasteiger partial charge in [0.2, 0.25) is 0 Å². The van der Waals surface area contributed by atoms with Crippen LogP contribution in [0.2, 0.25) is 0 Å². The number of hydrogen-bond donors (Lipinski definition) is 0. The van der Waals surface area contributed by atoms with Gasteiger partial charge in [-0.15, -0.1) is 0 Å². The molecule has 0 saturated heterocycles. The van der Waals surface area contributed by atoms with Crippen LogP contribution < -0.4 is 0 Å². The van der Waals surface area contributed by atoms with Crippen molar-refractivity contribution in [3.8, 4) is 11.8 Å². The average molecular weight is 275 g/mol. The Morgan fingerprint density at radius 1 is 1.21 bits per heavy atom. The molecule has 0 saturated carbocycles. The van der Waals surface area contributed by atoms with E-state index in [1.165, 1.54) is 5.92 Å². The van der Waals surface area contributed by atoms with E-state index in [-0.39, 0.29) is 4.90 Å². The second-order valence-corrected chi connectivity index (χ2v) is 3.03. The van der Waals surface area contributed by atoms with Crippen molar-refractivity contribution in [2.45, 2.75) is 6.18 Å². The number of amides is 3. The summed E-state index contributed by atoms with van der Waals surface area (Å²) in [5.74, 6) is -3.05. The van der Waals surface area contributed by atoms with Gasteiger partial charge in [-0.1, -0.05) is 5.92 Å². The molecule has 6 nitrogen and oxygen atoms in total. The van der Waals surface area contributed by atoms with Crippen LogP contribution in [0.25, 0.3) is 0 Å². The maximum absolute atomic E-state index is 11.6. The van der Waals surface area contributed by atoms with E-state index < -0.39 is 36.5 Å². The summed E-state index contributed by atoms with van der Waals surface area (Å²) in [5, 5.41) is 0. The second kappa shape index (κ2) is 5.34. The van der Waals surface area contributed by atoms with Gasteiger partial charge < -0.3 is 4.74 Å². The lowest BCUT2D eigenvalue weighted by molar-refractivity contribution is -0.163. The van der Waals surface area contributed by atoms with Crippen molar-refractivity contribution >= 4 is 23.7 Å². The van der Waals surface area contributed by atoms with Crippen molar-refractivity contribution in [2.75, 3.05) is 6.61 Å². The Hall–Kier alpha value is -2.63. The Balaban J connectivity index is 2.55. The predicted molar refractivity (Wildman–Crippen MR) is 50.8 cm³/mol. The Labute approximate surface area is 103 Å². The SMILES string of the molecule is O=C(OCC#CC(F)(F)F)C(=O)N1C(=O)C=CC1=O. The molecular formula is C10H4F3NO5. The van der Waals surface area contributed by atoms with Crippen molar-refractivity contribution in [1.29, 1.82) is 0 Å². The zero-order valence-corrected chi connectivity index (χ0v) is 8.98. The topological polar surface area (TPSA) is 80.8 Å². The minimum absolute atomic E-state index is 0.000476. The van der Waals surface area contributed by atoms with Crippen LogP contribution in [-0.4, -0.2) is 41.4 Å². The van der Waals surface area contributed by atoms with Crippen molar-refractivity contribution in [1.82, 2.24) is 4.90 Å². The fraction of sp³-hybridized carbons (Fsp3) is 0.200. The van der Waals surface area contributed by atoms with Gasteiger partial charge in [0.05, 0.1) is 0 Å². The molecule has 1 rings (SSSR count). The molecule has 19 heavy (non-hydrogen) atoms. The Kier molecular flexibility index (Phi) is 4.06. The molecule has 0 spiro atoms. The molecule has 3 amide bonds. The molecule has 0 aromatic carbocycles. The lowest BCUT2D eigenvalue weighted by atomic mass is 10.5. The van der Waals surface area contributed by atoms with Gasteiger partial charge in [-0.25, -0.2) is 9.69 Å². The largest absolute Gasteiger partial charge is 0.457 e. The van der Waals surface area contributed by atoms with Gasteiger partial charge in [-0.2, -0.15) is 13.2 Å². The molecule has 0 unspecified atom stereocenters. The van der Waals surface area contributed by atoms with Crippen LogP contribution in [0.3, 0.4) is 0 Å². The highest BCUT2D eigenvalue weighted by Gasteiger charge is 2.35. The first-order valence-electron chi connectivity index (χ1n) is 4.56. The van der Waals surface area contributed by atoms with Crippen LogP contribution >= 0.6 is 0 Å². The van der Waals surface area contributed by atoms with Crippen molar-refractivity contribution in [3.63, 3.8) is 0 Å². The van der Waals surface area contributed by atoms with Gasteiger partial charge in [0.25, 0.3) is 11.8 Å². The van der Waals surface area contributed by atoms with E-state index >= 15 is 0 Å². The van der Waals surface area contributed by atoms with E-state index in [1.54, 1.807) is 0 Å². The van der Waals surface area contributed by atoms with Crippen LogP contribution in [0, 0.1) is 11.8 Å². The Bertz CT molecular complexity index is 520. The molecule has 9 heteroatoms. The average Bonchev–Trinajstić information content (AvgIpc) is 2.62. The van der Waals surface area contributed by atoms with Crippen LogP contribution in [0.4, 0.5) is 13.2 Å². The van der Waals surface area contributed by atoms with E-state index in [9.17, 15) is 32.3 Å². The highest BCUT2D eigenvalue weighted by molar-refractivity contribution is 6.42. The van der Waals surface area contributed by atoms with Gasteiger partial charge in [-0.3, -0.25) is 14.4 Å². The number of hydrogen-bond acceptors (Lipinski definition) is 5. The normalized spacial score (nSPS) is 14.2. The van der Waals surface area contributed by atoms with Crippen LogP contribution in [-0.2, 0) is 23.9 Å². The lowest BCUT2D eigenvalue weighted by Crippen LogP contribution is -2.41. The smallest absolute Gasteiger partial charge is 0.445 e. The number of alkyl halides is 3. The number of nitrogens with zero attached hydrogens (tertiary/aromatic N) is 1. The minimum atomic E-state index is -4.75. The fourth-order valence-electron chi connectivity index (χ4n) is 0.991. The number of carbonyl (C=O) groups excluding carboxylic acids is 4. The molecule has 0 bridgehead atoms. The summed E-state index contributed by atoms with van der Waals surface area (Å²) < 4.78 is 38.9. The highest BCUT2D eigenvalue weighted by atomic mass is 19.4. The second-order valence-electron chi connectivity index (χ2n) is 3.03. The van der Waals surface area contributed by atoms with Crippen molar-refractivity contribution < 1.29 is 37.1 Å². The van der Waals surface area contributed by atoms with E-state index in [1.807, 2.05) is 0 Å². The summed E-state index contributed by atoms with van der Waals surface area (Å²) in [6.07, 6.45) is -3.23. The van der Waals surface area contributed by atoms with Crippen molar-refractivity contribution in [2.24, 2.45) is 0 Å². The molecule has 0 radical (unpaired) electrons. The number of imide groups is 3. The summed E-state index contributed by atoms with van der Waals surface area (Å²) in [4.78, 5) is 44.3. The molecule has 0 aliphatic carbocycles. The quantitative estimate of drug-likeness (QED) is 0.280. The zero-order valence-electron chi connectivity index (χ0n) is 8.98. The first-order valence-corrected chi connectivity index (χ1v) is 4.56. The number of ether oxygens (including phenoxy) is 1. The first-order chi connectivity index (χ1) is 8.72. The summed E-state index contributed by atoms with van der Waals surface area (Å²) in [7, 11) is 0. The fourth-order valence-corrected chi connectivity index (χ4v) is 0.991. The van der Waals surface area contributed by atoms with Gasteiger partial charge in [0.15, 0.2) is 6.61 Å². The minimum Gasteiger partial charge on any atom is -0.445 e. The van der Waals surface area contributed by atoms with Gasteiger partial charge >= 0.3 is 18.1 Å². The van der Waals surface area contributed by atoms with E-state index in [0.29, 0.717) is 0 Å². The Morgan fingerprint density at radius 3 is 2.21 bits per heavy atom. The molecule has 1 aliphatic rings.